The zero-order valence-corrected chi connectivity index (χ0v) is 10.9. The van der Waals surface area contributed by atoms with Gasteiger partial charge in [-0.25, -0.2) is 4.39 Å². The third kappa shape index (κ3) is 2.61. The quantitative estimate of drug-likeness (QED) is 0.733. The van der Waals surface area contributed by atoms with E-state index in [2.05, 4.69) is 17.3 Å². The van der Waals surface area contributed by atoms with Crippen molar-refractivity contribution in [2.45, 2.75) is 39.2 Å². The van der Waals surface area contributed by atoms with Crippen molar-refractivity contribution in [2.24, 2.45) is 0 Å². The summed E-state index contributed by atoms with van der Waals surface area (Å²) in [5, 5.41) is 5.78. The molecule has 0 radical (unpaired) electrons. The Morgan fingerprint density at radius 3 is 2.94 bits per heavy atom. The highest BCUT2D eigenvalue weighted by molar-refractivity contribution is 5.44. The van der Waals surface area contributed by atoms with Gasteiger partial charge in [-0.15, -0.1) is 0 Å². The van der Waals surface area contributed by atoms with E-state index in [1.54, 1.807) is 6.20 Å². The summed E-state index contributed by atoms with van der Waals surface area (Å²) in [5.74, 6) is 0. The molecule has 96 valence electrons. The number of allylic oxidation sites excluding steroid dienone is 4. The summed E-state index contributed by atoms with van der Waals surface area (Å²) in [5.41, 5.74) is 1.11. The second-order valence-electron chi connectivity index (χ2n) is 4.65. The number of halogens is 1. The van der Waals surface area contributed by atoms with Gasteiger partial charge in [0.25, 0.3) is 0 Å². The monoisotopic (exact) mass is 246 g/mol. The van der Waals surface area contributed by atoms with Crippen molar-refractivity contribution in [3.63, 3.8) is 0 Å². The van der Waals surface area contributed by atoms with Gasteiger partial charge in [-0.1, -0.05) is 23.8 Å². The van der Waals surface area contributed by atoms with Crippen LogP contribution in [-0.4, -0.2) is 9.78 Å². The molecule has 0 bridgehead atoms. The fourth-order valence-electron chi connectivity index (χ4n) is 2.23. The minimum absolute atomic E-state index is 0.282. The van der Waals surface area contributed by atoms with Gasteiger partial charge in [-0.2, -0.15) is 5.10 Å². The molecule has 0 aliphatic heterocycles. The Labute approximate surface area is 107 Å². The van der Waals surface area contributed by atoms with E-state index >= 15 is 0 Å². The highest BCUT2D eigenvalue weighted by Gasteiger charge is 2.13. The maximum Gasteiger partial charge on any atom is 0.113 e. The SMILES string of the molecule is C\C=C(C)/C=c1/cnn(C2CC=CCC2)/c1=C\F. The maximum atomic E-state index is 13.1. The van der Waals surface area contributed by atoms with E-state index < -0.39 is 0 Å². The van der Waals surface area contributed by atoms with Crippen LogP contribution in [0.3, 0.4) is 0 Å². The van der Waals surface area contributed by atoms with Gasteiger partial charge < -0.3 is 0 Å². The molecule has 0 fully saturated rings. The zero-order valence-electron chi connectivity index (χ0n) is 10.9. The van der Waals surface area contributed by atoms with Crippen LogP contribution in [0.1, 0.15) is 39.2 Å². The molecule has 1 aliphatic rings. The van der Waals surface area contributed by atoms with E-state index in [0.717, 1.165) is 30.1 Å². The van der Waals surface area contributed by atoms with Gasteiger partial charge in [0.2, 0.25) is 0 Å². The molecule has 18 heavy (non-hydrogen) atoms. The largest absolute Gasteiger partial charge is 0.259 e. The molecule has 1 aromatic heterocycles. The van der Waals surface area contributed by atoms with Crippen molar-refractivity contribution in [1.29, 1.82) is 0 Å². The molecule has 2 rings (SSSR count). The summed E-state index contributed by atoms with van der Waals surface area (Å²) < 4.78 is 15.0. The second kappa shape index (κ2) is 5.80. The van der Waals surface area contributed by atoms with Crippen molar-refractivity contribution in [1.82, 2.24) is 9.78 Å². The number of aromatic nitrogens is 2. The molecular weight excluding hydrogens is 227 g/mol. The van der Waals surface area contributed by atoms with Gasteiger partial charge in [0.1, 0.15) is 6.33 Å². The van der Waals surface area contributed by atoms with Gasteiger partial charge in [-0.3, -0.25) is 4.68 Å². The van der Waals surface area contributed by atoms with Crippen LogP contribution in [0, 0.1) is 0 Å². The van der Waals surface area contributed by atoms with Crippen LogP contribution in [0.5, 0.6) is 0 Å². The van der Waals surface area contributed by atoms with Crippen LogP contribution >= 0.6 is 0 Å². The van der Waals surface area contributed by atoms with Crippen LogP contribution < -0.4 is 10.6 Å². The third-order valence-electron chi connectivity index (χ3n) is 3.39. The molecule has 0 aromatic carbocycles. The van der Waals surface area contributed by atoms with Crippen LogP contribution in [0.4, 0.5) is 4.39 Å². The van der Waals surface area contributed by atoms with Gasteiger partial charge in [0.05, 0.1) is 17.6 Å². The van der Waals surface area contributed by atoms with E-state index in [9.17, 15) is 4.39 Å². The summed E-state index contributed by atoms with van der Waals surface area (Å²) in [6.07, 6.45) is 13.7. The topological polar surface area (TPSA) is 17.8 Å². The molecule has 1 aromatic rings. The van der Waals surface area contributed by atoms with Crippen LogP contribution in [0.15, 0.2) is 30.0 Å². The number of rotatable bonds is 2. The predicted molar refractivity (Wildman–Crippen MR) is 73.0 cm³/mol. The Morgan fingerprint density at radius 2 is 2.33 bits per heavy atom. The van der Waals surface area contributed by atoms with E-state index in [1.165, 1.54) is 0 Å². The Bertz CT molecular complexity index is 578. The van der Waals surface area contributed by atoms with Gasteiger partial charge in [0, 0.05) is 5.22 Å². The summed E-state index contributed by atoms with van der Waals surface area (Å²) in [6.45, 7) is 3.98. The third-order valence-corrected chi connectivity index (χ3v) is 3.39. The number of hydrogen-bond donors (Lipinski definition) is 0. The van der Waals surface area contributed by atoms with Gasteiger partial charge in [0.15, 0.2) is 0 Å². The smallest absolute Gasteiger partial charge is 0.113 e. The Hall–Kier alpha value is -1.64. The maximum absolute atomic E-state index is 13.1. The minimum Gasteiger partial charge on any atom is -0.259 e. The Balaban J connectivity index is 2.46. The summed E-state index contributed by atoms with van der Waals surface area (Å²) >= 11 is 0. The van der Waals surface area contributed by atoms with Crippen molar-refractivity contribution in [3.05, 3.63) is 40.6 Å². The molecule has 0 spiro atoms. The molecule has 1 heterocycles. The van der Waals surface area contributed by atoms with Crippen molar-refractivity contribution in [2.75, 3.05) is 0 Å². The first-order valence-corrected chi connectivity index (χ1v) is 6.40. The minimum atomic E-state index is 0.282. The summed E-state index contributed by atoms with van der Waals surface area (Å²) in [4.78, 5) is 0. The standard InChI is InChI=1S/C15H19FN2/c1-3-12(2)9-13-11-17-18(15(13)10-16)14-7-5-4-6-8-14/h3-5,9-11,14H,6-8H2,1-2H3/b12-3-,13-9-,15-10-. The predicted octanol–water partition coefficient (Wildman–Crippen LogP) is 2.62. The lowest BCUT2D eigenvalue weighted by Gasteiger charge is -2.18. The molecule has 1 aliphatic carbocycles. The average molecular weight is 246 g/mol. The molecule has 3 heteroatoms. The molecule has 1 unspecified atom stereocenters. The van der Waals surface area contributed by atoms with E-state index in [1.807, 2.05) is 30.7 Å². The molecule has 1 atom stereocenters. The molecule has 2 nitrogen and oxygen atoms in total. The first kappa shape index (κ1) is 12.8. The number of nitrogens with zero attached hydrogens (tertiary/aromatic N) is 2. The lowest BCUT2D eigenvalue weighted by atomic mass is 10.0. The molecular formula is C15H19FN2. The highest BCUT2D eigenvalue weighted by atomic mass is 19.1. The zero-order chi connectivity index (χ0) is 13.0. The molecule has 0 saturated carbocycles. The van der Waals surface area contributed by atoms with Crippen LogP contribution in [-0.2, 0) is 0 Å². The lowest BCUT2D eigenvalue weighted by Crippen LogP contribution is -2.32. The number of hydrogen-bond acceptors (Lipinski definition) is 1. The lowest BCUT2D eigenvalue weighted by molar-refractivity contribution is 0.409. The second-order valence-corrected chi connectivity index (χ2v) is 4.65. The van der Waals surface area contributed by atoms with Gasteiger partial charge >= 0.3 is 0 Å². The fourth-order valence-corrected chi connectivity index (χ4v) is 2.23. The molecule has 0 amide bonds. The Kier molecular flexibility index (Phi) is 4.13. The van der Waals surface area contributed by atoms with Gasteiger partial charge in [-0.05, 0) is 39.2 Å². The van der Waals surface area contributed by atoms with Crippen molar-refractivity contribution < 1.29 is 4.39 Å². The first-order chi connectivity index (χ1) is 8.76. The van der Waals surface area contributed by atoms with E-state index in [-0.39, 0.29) is 6.04 Å². The van der Waals surface area contributed by atoms with Crippen LogP contribution in [0.2, 0.25) is 0 Å². The van der Waals surface area contributed by atoms with Crippen LogP contribution in [0.25, 0.3) is 12.4 Å². The summed E-state index contributed by atoms with van der Waals surface area (Å²) in [6, 6.07) is 0.282. The van der Waals surface area contributed by atoms with Crippen molar-refractivity contribution >= 4 is 12.4 Å². The first-order valence-electron chi connectivity index (χ1n) is 6.40. The highest BCUT2D eigenvalue weighted by Crippen LogP contribution is 2.20. The van der Waals surface area contributed by atoms with E-state index in [4.69, 9.17) is 0 Å². The summed E-state index contributed by atoms with van der Waals surface area (Å²) in [7, 11) is 0. The fraction of sp³-hybridized carbons (Fsp3) is 0.400. The average Bonchev–Trinajstić information content (AvgIpc) is 2.82. The molecule has 0 saturated heterocycles. The van der Waals surface area contributed by atoms with E-state index in [0.29, 0.717) is 11.7 Å². The molecule has 0 N–H and O–H groups in total. The van der Waals surface area contributed by atoms with Crippen molar-refractivity contribution in [3.8, 4) is 0 Å². The normalized spacial score (nSPS) is 22.8. The Morgan fingerprint density at radius 1 is 1.50 bits per heavy atom.